The zero-order valence-corrected chi connectivity index (χ0v) is 3.94. The predicted octanol–water partition coefficient (Wildman–Crippen LogP) is -1.64. The summed E-state index contributed by atoms with van der Waals surface area (Å²) >= 11 is 0. The van der Waals surface area contributed by atoms with Gasteiger partial charge in [0.15, 0.2) is 6.29 Å². The number of carbonyl (C=O) groups excluding carboxylic acids is 1. The quantitative estimate of drug-likeness (QED) is 0.181. The summed E-state index contributed by atoms with van der Waals surface area (Å²) in [5.74, 6) is -2.44. The van der Waals surface area contributed by atoms with E-state index in [1.165, 1.54) is 0 Å². The molecule has 3 N–H and O–H groups in total. The summed E-state index contributed by atoms with van der Waals surface area (Å²) in [6.45, 7) is -0.965. The van der Waals surface area contributed by atoms with Gasteiger partial charge in [-0.1, -0.05) is 0 Å². The third-order valence-electron chi connectivity index (χ3n) is 0.569. The number of carbonyl (C=O) groups is 1. The summed E-state index contributed by atoms with van der Waals surface area (Å²) in [7, 11) is 0. The Balaban J connectivity index is 3.76. The molecule has 0 aromatic rings. The van der Waals surface area contributed by atoms with Crippen LogP contribution in [0.15, 0.2) is 0 Å². The monoisotopic (exact) mass is 122 g/mol. The molecule has 0 spiro atoms. The van der Waals surface area contributed by atoms with Crippen molar-refractivity contribution < 1.29 is 25.2 Å². The summed E-state index contributed by atoms with van der Waals surface area (Å²) in [5.41, 5.74) is 0. The third kappa shape index (κ3) is 1.55. The first-order valence-corrected chi connectivity index (χ1v) is 1.80. The highest BCUT2D eigenvalue weighted by molar-refractivity contribution is 5.59. The van der Waals surface area contributed by atoms with Crippen molar-refractivity contribution in [2.45, 2.75) is 5.79 Å². The fourth-order valence-electron chi connectivity index (χ4n) is 0.0877. The highest BCUT2D eigenvalue weighted by Gasteiger charge is 2.25. The van der Waals surface area contributed by atoms with Gasteiger partial charge < -0.3 is 10.2 Å². The zero-order valence-electron chi connectivity index (χ0n) is 3.94. The Kier molecular flexibility index (Phi) is 2.56. The maximum atomic E-state index is 9.59. The largest absolute Gasteiger partial charge is 0.390 e. The minimum atomic E-state index is -2.44. The lowest BCUT2D eigenvalue weighted by Crippen LogP contribution is -2.37. The maximum absolute atomic E-state index is 9.59. The van der Waals surface area contributed by atoms with Gasteiger partial charge in [0, 0.05) is 0 Å². The van der Waals surface area contributed by atoms with E-state index in [-0.39, 0.29) is 6.29 Å². The molecule has 8 heavy (non-hydrogen) atoms. The highest BCUT2D eigenvalue weighted by atomic mass is 17.1. The normalized spacial score (nSPS) is 17.4. The Bertz CT molecular complexity index is 75.7. The molecular formula is C3H6O5. The van der Waals surface area contributed by atoms with Crippen molar-refractivity contribution in [3.05, 3.63) is 0 Å². The van der Waals surface area contributed by atoms with E-state index in [4.69, 9.17) is 15.5 Å². The van der Waals surface area contributed by atoms with E-state index in [9.17, 15) is 4.79 Å². The van der Waals surface area contributed by atoms with Gasteiger partial charge in [-0.05, 0) is 0 Å². The van der Waals surface area contributed by atoms with E-state index in [0.717, 1.165) is 0 Å². The van der Waals surface area contributed by atoms with Crippen LogP contribution in [0.2, 0.25) is 0 Å². The average molecular weight is 122 g/mol. The van der Waals surface area contributed by atoms with E-state index in [0.29, 0.717) is 0 Å². The van der Waals surface area contributed by atoms with Gasteiger partial charge >= 0.3 is 0 Å². The second-order valence-electron chi connectivity index (χ2n) is 1.21. The summed E-state index contributed by atoms with van der Waals surface area (Å²) in [5, 5.41) is 24.0. The van der Waals surface area contributed by atoms with Gasteiger partial charge in [-0.2, -0.15) is 4.89 Å². The molecule has 0 amide bonds. The molecule has 0 radical (unpaired) electrons. The van der Waals surface area contributed by atoms with Crippen molar-refractivity contribution in [3.63, 3.8) is 0 Å². The van der Waals surface area contributed by atoms with Crippen LogP contribution in [0, 0.1) is 0 Å². The van der Waals surface area contributed by atoms with Gasteiger partial charge in [0.2, 0.25) is 0 Å². The Morgan fingerprint density at radius 1 is 1.75 bits per heavy atom. The summed E-state index contributed by atoms with van der Waals surface area (Å²) < 4.78 is 0. The van der Waals surface area contributed by atoms with Gasteiger partial charge in [-0.3, -0.25) is 4.79 Å². The molecule has 0 aliphatic heterocycles. The SMILES string of the molecule is O=CC(O)(CO)OO. The van der Waals surface area contributed by atoms with Crippen molar-refractivity contribution >= 4 is 6.29 Å². The van der Waals surface area contributed by atoms with Crippen LogP contribution >= 0.6 is 0 Å². The maximum Gasteiger partial charge on any atom is 0.278 e. The van der Waals surface area contributed by atoms with E-state index < -0.39 is 12.4 Å². The van der Waals surface area contributed by atoms with Crippen LogP contribution in [0.5, 0.6) is 0 Å². The molecule has 0 aliphatic rings. The first kappa shape index (κ1) is 7.51. The van der Waals surface area contributed by atoms with Crippen molar-refractivity contribution in [2.24, 2.45) is 0 Å². The Labute approximate surface area is 45.1 Å². The molecule has 0 saturated heterocycles. The van der Waals surface area contributed by atoms with Crippen LogP contribution in [0.1, 0.15) is 0 Å². The van der Waals surface area contributed by atoms with E-state index >= 15 is 0 Å². The molecule has 0 saturated carbocycles. The lowest BCUT2D eigenvalue weighted by Gasteiger charge is -2.11. The zero-order chi connectivity index (χ0) is 6.62. The standard InChI is InChI=1S/C3H6O5/c4-1-3(6,2-5)8-7/h1,5-7H,2H2. The molecular weight excluding hydrogens is 116 g/mol. The number of aliphatic hydroxyl groups excluding tert-OH is 1. The Hall–Kier alpha value is -0.490. The van der Waals surface area contributed by atoms with Crippen molar-refractivity contribution in [1.29, 1.82) is 0 Å². The number of aliphatic hydroxyl groups is 2. The third-order valence-corrected chi connectivity index (χ3v) is 0.569. The fraction of sp³-hybridized carbons (Fsp3) is 0.667. The number of rotatable bonds is 3. The van der Waals surface area contributed by atoms with Gasteiger partial charge in [0.25, 0.3) is 5.79 Å². The molecule has 0 bridgehead atoms. The lowest BCUT2D eigenvalue weighted by atomic mass is 10.3. The first-order valence-electron chi connectivity index (χ1n) is 1.80. The first-order chi connectivity index (χ1) is 3.68. The van der Waals surface area contributed by atoms with Gasteiger partial charge in [0.1, 0.15) is 6.61 Å². The van der Waals surface area contributed by atoms with Crippen molar-refractivity contribution in [3.8, 4) is 0 Å². The van der Waals surface area contributed by atoms with Crippen molar-refractivity contribution in [1.82, 2.24) is 0 Å². The molecule has 0 fully saturated rings. The molecule has 0 heterocycles. The molecule has 5 nitrogen and oxygen atoms in total. The average Bonchev–Trinajstić information content (AvgIpc) is 1.87. The molecule has 1 atom stereocenters. The second-order valence-corrected chi connectivity index (χ2v) is 1.21. The van der Waals surface area contributed by atoms with Crippen LogP contribution < -0.4 is 0 Å². The van der Waals surface area contributed by atoms with E-state index in [2.05, 4.69) is 4.89 Å². The van der Waals surface area contributed by atoms with Crippen LogP contribution in [-0.4, -0.2) is 34.2 Å². The Morgan fingerprint density at radius 3 is 2.25 bits per heavy atom. The van der Waals surface area contributed by atoms with Crippen LogP contribution in [0.4, 0.5) is 0 Å². The van der Waals surface area contributed by atoms with Crippen LogP contribution in [0.25, 0.3) is 0 Å². The van der Waals surface area contributed by atoms with E-state index in [1.807, 2.05) is 0 Å². The summed E-state index contributed by atoms with van der Waals surface area (Å²) in [6.07, 6.45) is -0.118. The number of aldehydes is 1. The molecule has 48 valence electrons. The van der Waals surface area contributed by atoms with Crippen LogP contribution in [-0.2, 0) is 9.68 Å². The minimum absolute atomic E-state index is 0.118. The van der Waals surface area contributed by atoms with Gasteiger partial charge in [0.05, 0.1) is 0 Å². The highest BCUT2D eigenvalue weighted by Crippen LogP contribution is 1.96. The van der Waals surface area contributed by atoms with Crippen LogP contribution in [0.3, 0.4) is 0 Å². The molecule has 0 aromatic heterocycles. The van der Waals surface area contributed by atoms with Gasteiger partial charge in [-0.15, -0.1) is 0 Å². The summed E-state index contributed by atoms with van der Waals surface area (Å²) in [6, 6.07) is 0. The smallest absolute Gasteiger partial charge is 0.278 e. The second kappa shape index (κ2) is 2.73. The lowest BCUT2D eigenvalue weighted by molar-refractivity contribution is -0.376. The topological polar surface area (TPSA) is 87.0 Å². The summed E-state index contributed by atoms with van der Waals surface area (Å²) in [4.78, 5) is 12.8. The van der Waals surface area contributed by atoms with E-state index in [1.54, 1.807) is 0 Å². The molecule has 1 unspecified atom stereocenters. The van der Waals surface area contributed by atoms with Crippen molar-refractivity contribution in [2.75, 3.05) is 6.61 Å². The minimum Gasteiger partial charge on any atom is -0.390 e. The fourth-order valence-corrected chi connectivity index (χ4v) is 0.0877. The predicted molar refractivity (Wildman–Crippen MR) is 21.8 cm³/mol. The molecule has 5 heteroatoms. The molecule has 0 aromatic carbocycles. The number of hydrogen-bond donors (Lipinski definition) is 3. The number of hydrogen-bond acceptors (Lipinski definition) is 5. The Morgan fingerprint density at radius 2 is 2.25 bits per heavy atom. The van der Waals surface area contributed by atoms with Gasteiger partial charge in [-0.25, -0.2) is 5.26 Å². The molecule has 0 rings (SSSR count). The molecule has 0 aliphatic carbocycles.